The first-order chi connectivity index (χ1) is 9.34. The highest BCUT2D eigenvalue weighted by atomic mass is 79.9. The zero-order chi connectivity index (χ0) is 14.9. The second kappa shape index (κ2) is 6.44. The van der Waals surface area contributed by atoms with Crippen molar-refractivity contribution in [2.24, 2.45) is 0 Å². The maximum atomic E-state index is 4.89. The average molecular weight is 376 g/mol. The van der Waals surface area contributed by atoms with E-state index in [1.165, 1.54) is 11.5 Å². The van der Waals surface area contributed by atoms with Gasteiger partial charge in [0, 0.05) is 29.2 Å². The number of hydrogen-bond donors (Lipinski definition) is 1. The van der Waals surface area contributed by atoms with Gasteiger partial charge in [-0.1, -0.05) is 27.7 Å². The minimum atomic E-state index is -0.00215. The molecule has 0 spiro atoms. The van der Waals surface area contributed by atoms with Crippen LogP contribution >= 0.6 is 39.5 Å². The molecular formula is C14H22BrN3S2. The molecule has 1 aromatic rings. The van der Waals surface area contributed by atoms with E-state index in [0.717, 1.165) is 21.8 Å². The number of thioether (sulfide) groups is 2. The van der Waals surface area contributed by atoms with Crippen LogP contribution in [-0.4, -0.2) is 33.8 Å². The topological polar surface area (TPSA) is 37.8 Å². The highest BCUT2D eigenvalue weighted by Gasteiger charge is 2.30. The molecule has 2 atom stereocenters. The highest BCUT2D eigenvalue weighted by molar-refractivity contribution is 9.10. The van der Waals surface area contributed by atoms with Crippen LogP contribution in [0.25, 0.3) is 0 Å². The van der Waals surface area contributed by atoms with Gasteiger partial charge >= 0.3 is 0 Å². The summed E-state index contributed by atoms with van der Waals surface area (Å²) >= 11 is 7.65. The number of rotatable bonds is 2. The molecule has 0 aromatic carbocycles. The zero-order valence-corrected chi connectivity index (χ0v) is 15.9. The Kier molecular flexibility index (Phi) is 5.29. The van der Waals surface area contributed by atoms with Gasteiger partial charge in [0.1, 0.15) is 11.6 Å². The van der Waals surface area contributed by atoms with Gasteiger partial charge in [-0.3, -0.25) is 0 Å². The molecule has 3 nitrogen and oxygen atoms in total. The Morgan fingerprint density at radius 1 is 1.20 bits per heavy atom. The van der Waals surface area contributed by atoms with Crippen molar-refractivity contribution in [3.63, 3.8) is 0 Å². The number of hydrogen-bond acceptors (Lipinski definition) is 5. The van der Waals surface area contributed by atoms with E-state index in [1.54, 1.807) is 0 Å². The van der Waals surface area contributed by atoms with Crippen LogP contribution in [-0.2, 0) is 5.41 Å². The van der Waals surface area contributed by atoms with Gasteiger partial charge in [0.2, 0.25) is 0 Å². The third-order valence-electron chi connectivity index (χ3n) is 3.26. The first kappa shape index (κ1) is 16.4. The van der Waals surface area contributed by atoms with E-state index in [1.807, 2.05) is 30.6 Å². The summed E-state index contributed by atoms with van der Waals surface area (Å²) in [5.74, 6) is 4.26. The summed E-state index contributed by atoms with van der Waals surface area (Å²) in [5.41, 5.74) is 1.08. The van der Waals surface area contributed by atoms with E-state index in [2.05, 4.69) is 48.9 Å². The molecule has 2 unspecified atom stereocenters. The molecule has 0 amide bonds. The largest absolute Gasteiger partial charge is 0.372 e. The number of nitrogens with zero attached hydrogens (tertiary/aromatic N) is 2. The summed E-state index contributed by atoms with van der Waals surface area (Å²) in [6.45, 7) is 8.85. The summed E-state index contributed by atoms with van der Waals surface area (Å²) in [6, 6.07) is 0. The van der Waals surface area contributed by atoms with Crippen LogP contribution in [0.1, 0.15) is 44.5 Å². The molecule has 0 saturated carbocycles. The van der Waals surface area contributed by atoms with E-state index < -0.39 is 0 Å². The van der Waals surface area contributed by atoms with Crippen LogP contribution < -0.4 is 5.32 Å². The van der Waals surface area contributed by atoms with Crippen molar-refractivity contribution in [3.8, 4) is 0 Å². The fourth-order valence-electron chi connectivity index (χ4n) is 2.17. The SMILES string of the molecule is CNc1nc(C2SCCSC2C)nc(C(C)(C)C)c1Br. The molecule has 1 N–H and O–H groups in total. The van der Waals surface area contributed by atoms with Crippen LogP contribution in [0.5, 0.6) is 0 Å². The van der Waals surface area contributed by atoms with Crippen molar-refractivity contribution in [2.45, 2.75) is 43.6 Å². The molecule has 1 saturated heterocycles. The Balaban J connectivity index is 2.48. The Bertz CT molecular complexity index is 488. The monoisotopic (exact) mass is 375 g/mol. The van der Waals surface area contributed by atoms with Gasteiger partial charge in [0.15, 0.2) is 0 Å². The predicted molar refractivity (Wildman–Crippen MR) is 95.1 cm³/mol. The van der Waals surface area contributed by atoms with Crippen LogP contribution in [0.2, 0.25) is 0 Å². The molecule has 1 aliphatic heterocycles. The average Bonchev–Trinajstić information content (AvgIpc) is 2.38. The molecule has 20 heavy (non-hydrogen) atoms. The smallest absolute Gasteiger partial charge is 0.145 e. The lowest BCUT2D eigenvalue weighted by atomic mass is 9.92. The molecule has 2 heterocycles. The Morgan fingerprint density at radius 3 is 2.40 bits per heavy atom. The molecule has 1 aliphatic rings. The first-order valence-electron chi connectivity index (χ1n) is 6.83. The van der Waals surface area contributed by atoms with E-state index in [4.69, 9.17) is 9.97 Å². The Labute approximate surface area is 138 Å². The number of halogens is 1. The Hall–Kier alpha value is 0.0600. The summed E-state index contributed by atoms with van der Waals surface area (Å²) in [6.07, 6.45) is 0. The van der Waals surface area contributed by atoms with Crippen molar-refractivity contribution >= 4 is 45.3 Å². The van der Waals surface area contributed by atoms with Gasteiger partial charge < -0.3 is 5.32 Å². The minimum Gasteiger partial charge on any atom is -0.372 e. The summed E-state index contributed by atoms with van der Waals surface area (Å²) in [7, 11) is 1.91. The molecule has 1 aromatic heterocycles. The van der Waals surface area contributed by atoms with Gasteiger partial charge in [0.25, 0.3) is 0 Å². The fraction of sp³-hybridized carbons (Fsp3) is 0.714. The second-order valence-corrected chi connectivity index (χ2v) is 9.49. The van der Waals surface area contributed by atoms with E-state index in [9.17, 15) is 0 Å². The third kappa shape index (κ3) is 3.45. The number of aromatic nitrogens is 2. The molecule has 0 aliphatic carbocycles. The molecule has 2 rings (SSSR count). The van der Waals surface area contributed by atoms with Gasteiger partial charge in [-0.2, -0.15) is 11.8 Å². The maximum absolute atomic E-state index is 4.89. The maximum Gasteiger partial charge on any atom is 0.145 e. The van der Waals surface area contributed by atoms with Crippen LogP contribution in [0, 0.1) is 0 Å². The van der Waals surface area contributed by atoms with Gasteiger partial charge in [-0.25, -0.2) is 9.97 Å². The summed E-state index contributed by atoms with van der Waals surface area (Å²) in [4.78, 5) is 9.63. The van der Waals surface area contributed by atoms with Crippen molar-refractivity contribution in [2.75, 3.05) is 23.9 Å². The van der Waals surface area contributed by atoms with Crippen LogP contribution in [0.15, 0.2) is 4.47 Å². The fourth-order valence-corrected chi connectivity index (χ4v) is 5.83. The van der Waals surface area contributed by atoms with E-state index in [-0.39, 0.29) is 5.41 Å². The van der Waals surface area contributed by atoms with Crippen LogP contribution in [0.4, 0.5) is 5.82 Å². The third-order valence-corrected chi connectivity index (χ3v) is 7.10. The zero-order valence-electron chi connectivity index (χ0n) is 12.7. The molecular weight excluding hydrogens is 354 g/mol. The normalized spacial score (nSPS) is 23.7. The Morgan fingerprint density at radius 2 is 1.85 bits per heavy atom. The van der Waals surface area contributed by atoms with Gasteiger partial charge in [-0.15, -0.1) is 11.8 Å². The van der Waals surface area contributed by atoms with E-state index in [0.29, 0.717) is 10.5 Å². The quantitative estimate of drug-likeness (QED) is 0.823. The van der Waals surface area contributed by atoms with Gasteiger partial charge in [-0.05, 0) is 15.9 Å². The predicted octanol–water partition coefficient (Wildman–Crippen LogP) is 4.49. The highest BCUT2D eigenvalue weighted by Crippen LogP contribution is 2.43. The van der Waals surface area contributed by atoms with E-state index >= 15 is 0 Å². The van der Waals surface area contributed by atoms with Crippen molar-refractivity contribution in [3.05, 3.63) is 16.0 Å². The second-order valence-electron chi connectivity index (χ2n) is 5.96. The lowest BCUT2D eigenvalue weighted by Gasteiger charge is -2.29. The summed E-state index contributed by atoms with van der Waals surface area (Å²) < 4.78 is 0.984. The molecule has 0 bridgehead atoms. The number of anilines is 1. The minimum absolute atomic E-state index is 0.00215. The lowest BCUT2D eigenvalue weighted by Crippen LogP contribution is -2.23. The molecule has 1 fully saturated rings. The summed E-state index contributed by atoms with van der Waals surface area (Å²) in [5, 5.41) is 4.13. The van der Waals surface area contributed by atoms with Crippen molar-refractivity contribution < 1.29 is 0 Å². The number of nitrogens with one attached hydrogen (secondary N) is 1. The van der Waals surface area contributed by atoms with Gasteiger partial charge in [0.05, 0.1) is 15.4 Å². The van der Waals surface area contributed by atoms with Crippen molar-refractivity contribution in [1.82, 2.24) is 9.97 Å². The molecule has 112 valence electrons. The molecule has 0 radical (unpaired) electrons. The lowest BCUT2D eigenvalue weighted by molar-refractivity contribution is 0.557. The van der Waals surface area contributed by atoms with Crippen LogP contribution in [0.3, 0.4) is 0 Å². The standard InChI is InChI=1S/C14H22BrN3S2/c1-8-10(20-7-6-19-8)13-17-11(14(2,3)4)9(15)12(16-5)18-13/h8,10H,6-7H2,1-5H3,(H,16,17,18). The van der Waals surface area contributed by atoms with Crippen molar-refractivity contribution in [1.29, 1.82) is 0 Å². The molecule has 6 heteroatoms. The first-order valence-corrected chi connectivity index (χ1v) is 9.72.